The number of allylic oxidation sites excluding steroid dienone is 1. The molecular formula is C27H33N3O9. The van der Waals surface area contributed by atoms with Crippen molar-refractivity contribution >= 4 is 17.5 Å². The SMILES string of the molecule is COc1c(CN2CC(CO)C2)cc(O)c2c1C[C@H]1C[C@H]3[C@H](N(C)C)C(O)=C(C(N)=O)C(=O)[C@@]3(O)C(O)=C1C2=O. The van der Waals surface area contributed by atoms with Gasteiger partial charge in [-0.05, 0) is 38.9 Å². The van der Waals surface area contributed by atoms with Crippen LogP contribution in [0.2, 0.25) is 0 Å². The molecule has 0 bridgehead atoms. The van der Waals surface area contributed by atoms with E-state index >= 15 is 0 Å². The van der Waals surface area contributed by atoms with E-state index in [0.29, 0.717) is 36.5 Å². The van der Waals surface area contributed by atoms with Gasteiger partial charge in [-0.2, -0.15) is 0 Å². The maximum atomic E-state index is 13.8. The number of ketones is 2. The molecule has 39 heavy (non-hydrogen) atoms. The smallest absolute Gasteiger partial charge is 0.255 e. The molecule has 0 radical (unpaired) electrons. The Balaban J connectivity index is 1.62. The molecule has 1 aromatic rings. The first-order chi connectivity index (χ1) is 18.4. The third-order valence-corrected chi connectivity index (χ3v) is 8.64. The van der Waals surface area contributed by atoms with Gasteiger partial charge in [-0.1, -0.05) is 0 Å². The molecule has 4 atom stereocenters. The maximum absolute atomic E-state index is 13.8. The zero-order valence-corrected chi connectivity index (χ0v) is 22.0. The fourth-order valence-corrected chi connectivity index (χ4v) is 6.90. The number of carbonyl (C=O) groups is 3. The first-order valence-electron chi connectivity index (χ1n) is 12.8. The van der Waals surface area contributed by atoms with Crippen LogP contribution in [0.1, 0.15) is 27.9 Å². The molecule has 0 aromatic heterocycles. The standard InChI is InChI=1S/C27H33N3O9/c1-29(2)20-15-5-12-4-14-18(16(32)6-13(23(14)39-3)9-30-7-11(8-30)10-31)21(33)17(12)24(35)27(15,38)25(36)19(22(20)34)26(28)37/h6,11-12,15,20,31-32,34-35,38H,4-5,7-10H2,1-3H3,(H2,28,37)/t12-,15-,20-,27-/m0/s1. The van der Waals surface area contributed by atoms with Gasteiger partial charge in [0.2, 0.25) is 5.78 Å². The minimum atomic E-state index is -2.68. The summed E-state index contributed by atoms with van der Waals surface area (Å²) < 4.78 is 5.71. The van der Waals surface area contributed by atoms with Crippen LogP contribution in [0.4, 0.5) is 0 Å². The fraction of sp³-hybridized carbons (Fsp3) is 0.519. The summed E-state index contributed by atoms with van der Waals surface area (Å²) in [6, 6.07) is 0.378. The van der Waals surface area contributed by atoms with Crippen molar-refractivity contribution < 1.29 is 44.7 Å². The Hall–Kier alpha value is -3.45. The van der Waals surface area contributed by atoms with Crippen molar-refractivity contribution in [2.45, 2.75) is 31.0 Å². The van der Waals surface area contributed by atoms with Crippen molar-refractivity contribution in [1.82, 2.24) is 9.80 Å². The first-order valence-corrected chi connectivity index (χ1v) is 12.8. The molecule has 0 unspecified atom stereocenters. The Bertz CT molecular complexity index is 1340. The molecule has 1 aromatic carbocycles. The molecule has 3 aliphatic carbocycles. The van der Waals surface area contributed by atoms with Gasteiger partial charge in [0.25, 0.3) is 5.91 Å². The lowest BCUT2D eigenvalue weighted by molar-refractivity contribution is -0.148. The number of benzene rings is 1. The van der Waals surface area contributed by atoms with Crippen LogP contribution in [0.25, 0.3) is 0 Å². The molecule has 1 amide bonds. The molecule has 1 fully saturated rings. The number of phenols is 1. The van der Waals surface area contributed by atoms with Crippen LogP contribution in [0.15, 0.2) is 28.7 Å². The average molecular weight is 544 g/mol. The van der Waals surface area contributed by atoms with Gasteiger partial charge in [0.15, 0.2) is 11.4 Å². The maximum Gasteiger partial charge on any atom is 0.255 e. The van der Waals surface area contributed by atoms with Gasteiger partial charge >= 0.3 is 0 Å². The summed E-state index contributed by atoms with van der Waals surface area (Å²) in [6.45, 7) is 1.89. The molecule has 0 saturated carbocycles. The van der Waals surface area contributed by atoms with Crippen molar-refractivity contribution in [2.75, 3.05) is 40.9 Å². The van der Waals surface area contributed by atoms with Gasteiger partial charge in [0, 0.05) is 54.8 Å². The highest BCUT2D eigenvalue weighted by Gasteiger charge is 2.63. The van der Waals surface area contributed by atoms with Crippen LogP contribution in [-0.4, -0.2) is 105 Å². The van der Waals surface area contributed by atoms with Gasteiger partial charge in [-0.3, -0.25) is 24.2 Å². The van der Waals surface area contributed by atoms with Crippen LogP contribution < -0.4 is 10.5 Å². The van der Waals surface area contributed by atoms with Gasteiger partial charge < -0.3 is 36.0 Å². The Morgan fingerprint density at radius 2 is 1.90 bits per heavy atom. The van der Waals surface area contributed by atoms with E-state index in [9.17, 15) is 39.9 Å². The number of aliphatic hydroxyl groups is 4. The predicted octanol–water partition coefficient (Wildman–Crippen LogP) is -0.447. The van der Waals surface area contributed by atoms with E-state index in [4.69, 9.17) is 10.5 Å². The normalized spacial score (nSPS) is 29.2. The zero-order chi connectivity index (χ0) is 28.5. The van der Waals surface area contributed by atoms with Crippen LogP contribution in [-0.2, 0) is 22.6 Å². The fourth-order valence-electron chi connectivity index (χ4n) is 6.90. The van der Waals surface area contributed by atoms with Crippen LogP contribution in [0.3, 0.4) is 0 Å². The van der Waals surface area contributed by atoms with Crippen molar-refractivity contribution in [3.8, 4) is 11.5 Å². The van der Waals surface area contributed by atoms with Gasteiger partial charge in [0.1, 0.15) is 28.6 Å². The molecule has 12 nitrogen and oxygen atoms in total. The van der Waals surface area contributed by atoms with Crippen molar-refractivity contribution in [3.63, 3.8) is 0 Å². The monoisotopic (exact) mass is 543 g/mol. The third-order valence-electron chi connectivity index (χ3n) is 8.64. The molecule has 7 N–H and O–H groups in total. The second kappa shape index (κ2) is 9.33. The number of nitrogens with two attached hydrogens (primary N) is 1. The lowest BCUT2D eigenvalue weighted by Gasteiger charge is -2.50. The van der Waals surface area contributed by atoms with E-state index in [1.807, 2.05) is 0 Å². The molecule has 0 spiro atoms. The number of Topliss-reactive ketones (excluding diaryl/α,β-unsaturated/α-hetero) is 2. The van der Waals surface area contributed by atoms with Gasteiger partial charge in [-0.15, -0.1) is 0 Å². The molecule has 4 aliphatic rings. The van der Waals surface area contributed by atoms with E-state index in [2.05, 4.69) is 4.90 Å². The number of fused-ring (bicyclic) bond motifs is 3. The number of hydrogen-bond donors (Lipinski definition) is 6. The van der Waals surface area contributed by atoms with E-state index in [0.717, 1.165) is 0 Å². The Morgan fingerprint density at radius 3 is 2.46 bits per heavy atom. The van der Waals surface area contributed by atoms with E-state index in [1.165, 1.54) is 18.1 Å². The van der Waals surface area contributed by atoms with E-state index < -0.39 is 58.0 Å². The van der Waals surface area contributed by atoms with Crippen LogP contribution >= 0.6 is 0 Å². The summed E-state index contributed by atoms with van der Waals surface area (Å²) >= 11 is 0. The molecular weight excluding hydrogens is 510 g/mol. The lowest BCUT2D eigenvalue weighted by atomic mass is 9.58. The number of aliphatic hydroxyl groups excluding tert-OH is 3. The average Bonchev–Trinajstić information content (AvgIpc) is 2.82. The number of methoxy groups -OCH3 is 1. The Morgan fingerprint density at radius 1 is 1.23 bits per heavy atom. The number of nitrogens with zero attached hydrogens (tertiary/aromatic N) is 2. The van der Waals surface area contributed by atoms with Crippen molar-refractivity contribution in [2.24, 2.45) is 23.5 Å². The first kappa shape index (κ1) is 27.1. The number of primary amides is 1. The molecule has 1 saturated heterocycles. The van der Waals surface area contributed by atoms with Gasteiger partial charge in [-0.25, -0.2) is 0 Å². The number of rotatable bonds is 6. The minimum Gasteiger partial charge on any atom is -0.510 e. The molecule has 5 rings (SSSR count). The van der Waals surface area contributed by atoms with Gasteiger partial charge in [0.05, 0.1) is 18.7 Å². The predicted molar refractivity (Wildman–Crippen MR) is 136 cm³/mol. The highest BCUT2D eigenvalue weighted by molar-refractivity contribution is 6.24. The number of likely N-dealkylation sites (N-methyl/N-ethyl adjacent to an activating group) is 1. The largest absolute Gasteiger partial charge is 0.510 e. The topological polar surface area (TPSA) is 194 Å². The van der Waals surface area contributed by atoms with Crippen LogP contribution in [0.5, 0.6) is 11.5 Å². The summed E-state index contributed by atoms with van der Waals surface area (Å²) in [5, 5.41) is 54.2. The number of aromatic hydroxyl groups is 1. The van der Waals surface area contributed by atoms with Crippen molar-refractivity contribution in [1.29, 1.82) is 0 Å². The summed E-state index contributed by atoms with van der Waals surface area (Å²) in [5.74, 6) is -6.30. The summed E-state index contributed by atoms with van der Waals surface area (Å²) in [4.78, 5) is 42.8. The number of amides is 1. The Kier molecular flexibility index (Phi) is 6.49. The highest BCUT2D eigenvalue weighted by atomic mass is 16.5. The summed E-state index contributed by atoms with van der Waals surface area (Å²) in [6.07, 6.45) is 0.155. The number of likely N-dealkylation sites (tertiary alicyclic amines) is 1. The van der Waals surface area contributed by atoms with Crippen molar-refractivity contribution in [3.05, 3.63) is 45.4 Å². The molecule has 12 heteroatoms. The number of phenolic OH excluding ortho intramolecular Hbond substituents is 1. The number of hydrogen-bond acceptors (Lipinski definition) is 11. The molecule has 210 valence electrons. The van der Waals surface area contributed by atoms with E-state index in [1.54, 1.807) is 14.1 Å². The zero-order valence-electron chi connectivity index (χ0n) is 22.0. The minimum absolute atomic E-state index is 0.00418. The number of ether oxygens (including phenoxy) is 1. The highest BCUT2D eigenvalue weighted by Crippen LogP contribution is 2.53. The quantitative estimate of drug-likeness (QED) is 0.255. The lowest BCUT2D eigenvalue weighted by Crippen LogP contribution is -2.63. The van der Waals surface area contributed by atoms with Crippen LogP contribution in [0, 0.1) is 17.8 Å². The third kappa shape index (κ3) is 3.77. The molecule has 1 aliphatic heterocycles. The van der Waals surface area contributed by atoms with E-state index in [-0.39, 0.29) is 42.3 Å². The number of carbonyl (C=O) groups excluding carboxylic acids is 3. The second-order valence-electron chi connectivity index (χ2n) is 11.1. The molecule has 1 heterocycles. The summed E-state index contributed by atoms with van der Waals surface area (Å²) in [7, 11) is 4.63. The second-order valence-corrected chi connectivity index (χ2v) is 11.1. The Labute approximate surface area is 224 Å². The summed E-state index contributed by atoms with van der Waals surface area (Å²) in [5.41, 5.74) is 2.64.